The molecule has 3 heterocycles. The van der Waals surface area contributed by atoms with E-state index in [0.29, 0.717) is 13.2 Å². The summed E-state index contributed by atoms with van der Waals surface area (Å²) < 4.78 is 18.2. The number of hydrogen-bond acceptors (Lipinski definition) is 4. The molecule has 4 rings (SSSR count). The third-order valence-corrected chi connectivity index (χ3v) is 5.56. The fourth-order valence-electron chi connectivity index (χ4n) is 3.80. The van der Waals surface area contributed by atoms with Crippen LogP contribution in [-0.2, 0) is 14.2 Å². The van der Waals surface area contributed by atoms with Gasteiger partial charge < -0.3 is 14.2 Å². The normalized spacial score (nSPS) is 42.4. The fraction of sp³-hybridized carbons (Fsp3) is 0.938. The molecule has 4 nitrogen and oxygen atoms in total. The van der Waals surface area contributed by atoms with E-state index in [4.69, 9.17) is 14.2 Å². The van der Waals surface area contributed by atoms with Crippen LogP contribution in [0.3, 0.4) is 0 Å². The predicted molar refractivity (Wildman–Crippen MR) is 73.6 cm³/mol. The van der Waals surface area contributed by atoms with Crippen LogP contribution < -0.4 is 0 Å². The SMILES string of the molecule is CC(C)(C)C12COC(C3CCCCC3)(OC1)OC2C#N. The van der Waals surface area contributed by atoms with Gasteiger partial charge in [0, 0.05) is 5.92 Å². The molecule has 4 fully saturated rings. The Morgan fingerprint density at radius 3 is 2.15 bits per heavy atom. The van der Waals surface area contributed by atoms with Gasteiger partial charge in [-0.05, 0) is 18.3 Å². The minimum Gasteiger partial charge on any atom is -0.326 e. The van der Waals surface area contributed by atoms with Gasteiger partial charge in [-0.3, -0.25) is 0 Å². The van der Waals surface area contributed by atoms with Gasteiger partial charge in [0.05, 0.1) is 24.7 Å². The summed E-state index contributed by atoms with van der Waals surface area (Å²) >= 11 is 0. The number of hydrogen-bond donors (Lipinski definition) is 0. The van der Waals surface area contributed by atoms with E-state index >= 15 is 0 Å². The van der Waals surface area contributed by atoms with Crippen molar-refractivity contribution >= 4 is 0 Å². The van der Waals surface area contributed by atoms with Crippen LogP contribution in [0.25, 0.3) is 0 Å². The van der Waals surface area contributed by atoms with E-state index in [1.165, 1.54) is 19.3 Å². The van der Waals surface area contributed by atoms with Crippen molar-refractivity contribution in [2.45, 2.75) is 65.0 Å². The van der Waals surface area contributed by atoms with Crippen molar-refractivity contribution in [3.63, 3.8) is 0 Å². The van der Waals surface area contributed by atoms with Crippen LogP contribution in [0.4, 0.5) is 0 Å². The van der Waals surface area contributed by atoms with E-state index in [1.54, 1.807) is 0 Å². The molecule has 0 N–H and O–H groups in total. The van der Waals surface area contributed by atoms with Gasteiger partial charge in [-0.15, -0.1) is 0 Å². The van der Waals surface area contributed by atoms with Crippen LogP contribution in [0.2, 0.25) is 0 Å². The molecule has 4 aliphatic rings. The zero-order valence-corrected chi connectivity index (χ0v) is 12.8. The van der Waals surface area contributed by atoms with E-state index < -0.39 is 12.1 Å². The maximum Gasteiger partial charge on any atom is 0.287 e. The Bertz CT molecular complexity index is 406. The Hall–Kier alpha value is -0.630. The summed E-state index contributed by atoms with van der Waals surface area (Å²) in [6, 6.07) is 2.36. The molecule has 0 aromatic rings. The molecule has 0 aromatic heterocycles. The number of rotatable bonds is 1. The third kappa shape index (κ3) is 1.91. The van der Waals surface area contributed by atoms with Crippen molar-refractivity contribution in [2.24, 2.45) is 16.7 Å². The van der Waals surface area contributed by atoms with Crippen LogP contribution in [0.5, 0.6) is 0 Å². The molecule has 0 aromatic carbocycles. The average Bonchev–Trinajstić information content (AvgIpc) is 2.48. The van der Waals surface area contributed by atoms with Crippen LogP contribution >= 0.6 is 0 Å². The summed E-state index contributed by atoms with van der Waals surface area (Å²) in [5.74, 6) is -0.682. The van der Waals surface area contributed by atoms with E-state index in [1.807, 2.05) is 0 Å². The van der Waals surface area contributed by atoms with Crippen molar-refractivity contribution < 1.29 is 14.2 Å². The molecular formula is C16H25NO3. The minimum absolute atomic E-state index is 0.0907. The van der Waals surface area contributed by atoms with Crippen LogP contribution in [0.1, 0.15) is 52.9 Å². The van der Waals surface area contributed by atoms with E-state index in [2.05, 4.69) is 26.8 Å². The summed E-state index contributed by atoms with van der Waals surface area (Å²) in [6.45, 7) is 7.52. The molecule has 0 spiro atoms. The van der Waals surface area contributed by atoms with E-state index in [9.17, 15) is 5.26 Å². The molecule has 1 aliphatic carbocycles. The van der Waals surface area contributed by atoms with Gasteiger partial charge in [-0.2, -0.15) is 5.26 Å². The highest BCUT2D eigenvalue weighted by molar-refractivity contribution is 5.10. The molecule has 0 radical (unpaired) electrons. The highest BCUT2D eigenvalue weighted by Crippen LogP contribution is 2.55. The van der Waals surface area contributed by atoms with Crippen molar-refractivity contribution in [3.8, 4) is 6.07 Å². The molecule has 4 heteroatoms. The van der Waals surface area contributed by atoms with Gasteiger partial charge in [0.1, 0.15) is 0 Å². The smallest absolute Gasteiger partial charge is 0.287 e. The molecule has 1 unspecified atom stereocenters. The van der Waals surface area contributed by atoms with Crippen molar-refractivity contribution in [1.29, 1.82) is 5.26 Å². The quantitative estimate of drug-likeness (QED) is 0.739. The average molecular weight is 279 g/mol. The second kappa shape index (κ2) is 4.69. The Morgan fingerprint density at radius 1 is 1.05 bits per heavy atom. The van der Waals surface area contributed by atoms with Gasteiger partial charge >= 0.3 is 0 Å². The van der Waals surface area contributed by atoms with Crippen molar-refractivity contribution in [1.82, 2.24) is 0 Å². The van der Waals surface area contributed by atoms with Gasteiger partial charge in [0.2, 0.25) is 0 Å². The Kier molecular flexibility index (Phi) is 3.36. The van der Waals surface area contributed by atoms with Gasteiger partial charge in [-0.25, -0.2) is 0 Å². The molecule has 3 aliphatic heterocycles. The van der Waals surface area contributed by atoms with Crippen molar-refractivity contribution in [2.75, 3.05) is 13.2 Å². The van der Waals surface area contributed by atoms with Crippen LogP contribution in [0, 0.1) is 28.1 Å². The van der Waals surface area contributed by atoms with Gasteiger partial charge in [0.15, 0.2) is 6.10 Å². The lowest BCUT2D eigenvalue weighted by atomic mass is 9.63. The Labute approximate surface area is 121 Å². The molecule has 3 saturated heterocycles. The lowest BCUT2D eigenvalue weighted by molar-refractivity contribution is -0.509. The van der Waals surface area contributed by atoms with Gasteiger partial charge in [0.25, 0.3) is 5.97 Å². The zero-order valence-electron chi connectivity index (χ0n) is 12.8. The number of ether oxygens (including phenoxy) is 3. The minimum atomic E-state index is -0.951. The summed E-state index contributed by atoms with van der Waals surface area (Å²) in [4.78, 5) is 0. The third-order valence-electron chi connectivity index (χ3n) is 5.56. The van der Waals surface area contributed by atoms with Gasteiger partial charge in [-0.1, -0.05) is 40.0 Å². The maximum atomic E-state index is 9.57. The largest absolute Gasteiger partial charge is 0.326 e. The molecular weight excluding hydrogens is 254 g/mol. The Balaban J connectivity index is 1.86. The standard InChI is InChI=1S/C16H25NO3/c1-14(2,3)15-10-18-16(19-11-15,20-13(15)9-17)12-7-5-4-6-8-12/h12-13H,4-8,10-11H2,1-3H3. The molecule has 1 atom stereocenters. The first-order valence-corrected chi connectivity index (χ1v) is 7.79. The maximum absolute atomic E-state index is 9.57. The summed E-state index contributed by atoms with van der Waals surface area (Å²) in [6.07, 6.45) is 5.38. The van der Waals surface area contributed by atoms with Crippen LogP contribution in [-0.4, -0.2) is 25.3 Å². The molecule has 20 heavy (non-hydrogen) atoms. The zero-order chi connectivity index (χ0) is 14.4. The first kappa shape index (κ1) is 14.3. The first-order valence-electron chi connectivity index (χ1n) is 7.79. The summed E-state index contributed by atoms with van der Waals surface area (Å²) in [5, 5.41) is 9.57. The second-order valence-electron chi connectivity index (χ2n) is 7.55. The second-order valence-corrected chi connectivity index (χ2v) is 7.55. The lowest BCUT2D eigenvalue weighted by Crippen LogP contribution is -2.70. The lowest BCUT2D eigenvalue weighted by Gasteiger charge is -2.60. The number of nitriles is 1. The Morgan fingerprint density at radius 2 is 1.65 bits per heavy atom. The molecule has 0 amide bonds. The topological polar surface area (TPSA) is 51.5 Å². The summed E-state index contributed by atoms with van der Waals surface area (Å²) in [7, 11) is 0. The molecule has 2 bridgehead atoms. The number of nitrogens with zero attached hydrogens (tertiary/aromatic N) is 1. The van der Waals surface area contributed by atoms with E-state index in [0.717, 1.165) is 12.8 Å². The number of fused-ring (bicyclic) bond motifs is 3. The first-order chi connectivity index (χ1) is 9.44. The van der Waals surface area contributed by atoms with E-state index in [-0.39, 0.29) is 16.7 Å². The highest BCUT2D eigenvalue weighted by Gasteiger charge is 2.64. The predicted octanol–water partition coefficient (Wildman–Crippen LogP) is 3.22. The monoisotopic (exact) mass is 279 g/mol. The molecule has 1 saturated carbocycles. The highest BCUT2D eigenvalue weighted by atomic mass is 16.9. The summed E-state index contributed by atoms with van der Waals surface area (Å²) in [5.41, 5.74) is -0.454. The fourth-order valence-corrected chi connectivity index (χ4v) is 3.80. The van der Waals surface area contributed by atoms with Crippen molar-refractivity contribution in [3.05, 3.63) is 0 Å². The molecule has 112 valence electrons. The van der Waals surface area contributed by atoms with Crippen LogP contribution in [0.15, 0.2) is 0 Å².